The van der Waals surface area contributed by atoms with Gasteiger partial charge in [-0.3, -0.25) is 4.90 Å². The highest BCUT2D eigenvalue weighted by molar-refractivity contribution is 5.61. The number of hydrogen-bond donors (Lipinski definition) is 1. The van der Waals surface area contributed by atoms with Gasteiger partial charge in [0.25, 0.3) is 0 Å². The monoisotopic (exact) mass is 300 g/mol. The molecule has 0 saturated carbocycles. The summed E-state index contributed by atoms with van der Waals surface area (Å²) in [4.78, 5) is 4.83. The summed E-state index contributed by atoms with van der Waals surface area (Å²) in [5.74, 6) is 0.927. The largest absolute Gasteiger partial charge is 0.464 e. The van der Waals surface area contributed by atoms with E-state index < -0.39 is 0 Å². The number of aliphatic hydroxyl groups is 1. The van der Waals surface area contributed by atoms with Gasteiger partial charge in [-0.2, -0.15) is 0 Å². The highest BCUT2D eigenvalue weighted by atomic mass is 16.3. The van der Waals surface area contributed by atoms with Crippen molar-refractivity contribution in [2.75, 3.05) is 33.3 Å². The van der Waals surface area contributed by atoms with Crippen LogP contribution in [0.4, 0.5) is 0 Å². The zero-order valence-electron chi connectivity index (χ0n) is 13.1. The van der Waals surface area contributed by atoms with Gasteiger partial charge in [-0.25, -0.2) is 0 Å². The fraction of sp³-hybridized carbons (Fsp3) is 0.444. The molecule has 1 N–H and O–H groups in total. The third-order valence-corrected chi connectivity index (χ3v) is 4.52. The summed E-state index contributed by atoms with van der Waals surface area (Å²) in [6.45, 7) is 4.29. The summed E-state index contributed by atoms with van der Waals surface area (Å²) in [6, 6.07) is 12.8. The molecule has 1 aromatic heterocycles. The Morgan fingerprint density at radius 1 is 1.18 bits per heavy atom. The van der Waals surface area contributed by atoms with Crippen molar-refractivity contribution in [2.24, 2.45) is 0 Å². The first-order valence-electron chi connectivity index (χ1n) is 7.93. The van der Waals surface area contributed by atoms with E-state index in [-0.39, 0.29) is 6.61 Å². The second kappa shape index (κ2) is 7.09. The number of benzene rings is 1. The molecule has 1 aliphatic rings. The molecule has 1 aromatic carbocycles. The fourth-order valence-electron chi connectivity index (χ4n) is 3.19. The Balaban J connectivity index is 1.74. The van der Waals surface area contributed by atoms with Gasteiger partial charge in [-0.15, -0.1) is 0 Å². The summed E-state index contributed by atoms with van der Waals surface area (Å²) >= 11 is 0. The van der Waals surface area contributed by atoms with Crippen molar-refractivity contribution in [1.82, 2.24) is 9.80 Å². The zero-order valence-corrected chi connectivity index (χ0v) is 13.1. The van der Waals surface area contributed by atoms with Crippen molar-refractivity contribution in [2.45, 2.75) is 19.0 Å². The van der Waals surface area contributed by atoms with Crippen LogP contribution in [0.5, 0.6) is 0 Å². The molecule has 3 rings (SSSR count). The molecule has 1 unspecified atom stereocenters. The van der Waals surface area contributed by atoms with Crippen LogP contribution in [-0.2, 0) is 6.54 Å². The van der Waals surface area contributed by atoms with Gasteiger partial charge in [-0.1, -0.05) is 24.3 Å². The summed E-state index contributed by atoms with van der Waals surface area (Å²) in [5, 5.41) is 9.22. The van der Waals surface area contributed by atoms with Crippen LogP contribution in [0.15, 0.2) is 47.1 Å². The first-order valence-corrected chi connectivity index (χ1v) is 7.93. The Bertz CT molecular complexity index is 583. The summed E-state index contributed by atoms with van der Waals surface area (Å²) < 4.78 is 5.57. The number of hydrogen-bond acceptors (Lipinski definition) is 4. The van der Waals surface area contributed by atoms with Crippen LogP contribution in [0.1, 0.15) is 12.0 Å². The Kier molecular flexibility index (Phi) is 4.93. The van der Waals surface area contributed by atoms with Gasteiger partial charge in [0.15, 0.2) is 0 Å². The number of likely N-dealkylation sites (N-methyl/N-ethyl adjacent to an activating group) is 1. The second-order valence-electron chi connectivity index (χ2n) is 6.02. The van der Waals surface area contributed by atoms with E-state index in [1.165, 1.54) is 11.1 Å². The number of nitrogens with zero attached hydrogens (tertiary/aromatic N) is 2. The van der Waals surface area contributed by atoms with Crippen molar-refractivity contribution in [3.05, 3.63) is 48.2 Å². The van der Waals surface area contributed by atoms with Crippen LogP contribution in [-0.4, -0.2) is 54.2 Å². The van der Waals surface area contributed by atoms with Crippen LogP contribution >= 0.6 is 0 Å². The number of rotatable bonds is 5. The van der Waals surface area contributed by atoms with Crippen LogP contribution in [0.2, 0.25) is 0 Å². The molecule has 0 radical (unpaired) electrons. The van der Waals surface area contributed by atoms with Crippen molar-refractivity contribution < 1.29 is 9.52 Å². The van der Waals surface area contributed by atoms with Gasteiger partial charge in [0.2, 0.25) is 0 Å². The fourth-order valence-corrected chi connectivity index (χ4v) is 3.19. The Morgan fingerprint density at radius 2 is 2.05 bits per heavy atom. The van der Waals surface area contributed by atoms with Crippen LogP contribution < -0.4 is 0 Å². The Labute approximate surface area is 132 Å². The van der Waals surface area contributed by atoms with Gasteiger partial charge >= 0.3 is 0 Å². The molecule has 2 aromatic rings. The predicted molar refractivity (Wildman–Crippen MR) is 87.5 cm³/mol. The van der Waals surface area contributed by atoms with Gasteiger partial charge < -0.3 is 14.4 Å². The first kappa shape index (κ1) is 15.3. The van der Waals surface area contributed by atoms with E-state index in [4.69, 9.17) is 4.42 Å². The predicted octanol–water partition coefficient (Wildman–Crippen LogP) is 2.45. The lowest BCUT2D eigenvalue weighted by molar-refractivity contribution is 0.0744. The highest BCUT2D eigenvalue weighted by Crippen LogP contribution is 2.26. The molecule has 0 spiro atoms. The molecule has 1 fully saturated rings. The SMILES string of the molecule is CN1CCN(Cc2ccccc2-c2ccco2)CC1CCO. The lowest BCUT2D eigenvalue weighted by Crippen LogP contribution is -2.51. The standard InChI is InChI=1S/C18H24N2O2/c1-19-9-10-20(14-16(19)8-11-21)13-15-5-2-3-6-17(15)18-7-4-12-22-18/h2-7,12,16,21H,8-11,13-14H2,1H3. The molecule has 1 aliphatic heterocycles. The maximum Gasteiger partial charge on any atom is 0.134 e. The highest BCUT2D eigenvalue weighted by Gasteiger charge is 2.24. The van der Waals surface area contributed by atoms with E-state index >= 15 is 0 Å². The molecule has 118 valence electrons. The van der Waals surface area contributed by atoms with Crippen molar-refractivity contribution in [1.29, 1.82) is 0 Å². The van der Waals surface area contributed by atoms with Crippen molar-refractivity contribution in [3.8, 4) is 11.3 Å². The smallest absolute Gasteiger partial charge is 0.134 e. The van der Waals surface area contributed by atoms with Gasteiger partial charge in [0.05, 0.1) is 6.26 Å². The number of furan rings is 1. The normalized spacial score (nSPS) is 20.4. The summed E-state index contributed by atoms with van der Waals surface area (Å²) in [7, 11) is 2.15. The third kappa shape index (κ3) is 3.40. The molecule has 4 nitrogen and oxygen atoms in total. The number of aliphatic hydroxyl groups excluding tert-OH is 1. The average Bonchev–Trinajstić information content (AvgIpc) is 3.06. The third-order valence-electron chi connectivity index (χ3n) is 4.52. The van der Waals surface area contributed by atoms with Gasteiger partial charge in [-0.05, 0) is 31.2 Å². The Morgan fingerprint density at radius 3 is 2.82 bits per heavy atom. The van der Waals surface area contributed by atoms with Crippen molar-refractivity contribution >= 4 is 0 Å². The molecule has 4 heteroatoms. The minimum absolute atomic E-state index is 0.256. The van der Waals surface area contributed by atoms with Gasteiger partial charge in [0, 0.05) is 44.4 Å². The maximum atomic E-state index is 9.22. The summed E-state index contributed by atoms with van der Waals surface area (Å²) in [5.41, 5.74) is 2.47. The molecule has 1 saturated heterocycles. The zero-order chi connectivity index (χ0) is 15.4. The average molecular weight is 300 g/mol. The quantitative estimate of drug-likeness (QED) is 0.921. The minimum atomic E-state index is 0.256. The van der Waals surface area contributed by atoms with Crippen LogP contribution in [0.3, 0.4) is 0 Å². The van der Waals surface area contributed by atoms with E-state index in [2.05, 4.69) is 41.1 Å². The molecule has 22 heavy (non-hydrogen) atoms. The van der Waals surface area contributed by atoms with E-state index in [0.717, 1.165) is 38.4 Å². The van der Waals surface area contributed by atoms with E-state index in [9.17, 15) is 5.11 Å². The topological polar surface area (TPSA) is 39.9 Å². The lowest BCUT2D eigenvalue weighted by atomic mass is 10.0. The molecule has 1 atom stereocenters. The van der Waals surface area contributed by atoms with Crippen LogP contribution in [0, 0.1) is 0 Å². The molecule has 0 aliphatic carbocycles. The molecular formula is C18H24N2O2. The van der Waals surface area contributed by atoms with E-state index in [1.807, 2.05) is 12.1 Å². The van der Waals surface area contributed by atoms with E-state index in [0.29, 0.717) is 6.04 Å². The minimum Gasteiger partial charge on any atom is -0.464 e. The van der Waals surface area contributed by atoms with Gasteiger partial charge in [0.1, 0.15) is 5.76 Å². The van der Waals surface area contributed by atoms with E-state index in [1.54, 1.807) is 6.26 Å². The first-order chi connectivity index (χ1) is 10.8. The molecule has 2 heterocycles. The molecule has 0 amide bonds. The lowest BCUT2D eigenvalue weighted by Gasteiger charge is -2.39. The summed E-state index contributed by atoms with van der Waals surface area (Å²) in [6.07, 6.45) is 2.56. The molecule has 0 bridgehead atoms. The Hall–Kier alpha value is -1.62. The maximum absolute atomic E-state index is 9.22. The van der Waals surface area contributed by atoms with Crippen LogP contribution in [0.25, 0.3) is 11.3 Å². The number of piperazine rings is 1. The molecular weight excluding hydrogens is 276 g/mol. The second-order valence-corrected chi connectivity index (χ2v) is 6.02. The van der Waals surface area contributed by atoms with Crippen molar-refractivity contribution in [3.63, 3.8) is 0 Å².